The Hall–Kier alpha value is -1.81. The van der Waals surface area contributed by atoms with Crippen LogP contribution in [-0.2, 0) is 6.42 Å². The highest BCUT2D eigenvalue weighted by Crippen LogP contribution is 2.35. The minimum Gasteiger partial charge on any atom is -0.468 e. The summed E-state index contributed by atoms with van der Waals surface area (Å²) < 4.78 is 10.8. The van der Waals surface area contributed by atoms with Crippen molar-refractivity contribution in [2.45, 2.75) is 12.8 Å². The maximum Gasteiger partial charge on any atom is 0.167 e. The van der Waals surface area contributed by atoms with Crippen LogP contribution in [0, 0.1) is 5.92 Å². The van der Waals surface area contributed by atoms with Gasteiger partial charge in [-0.15, -0.1) is 0 Å². The molecule has 0 radical (unpaired) electrons. The monoisotopic (exact) mass is 231 g/mol. The highest BCUT2D eigenvalue weighted by molar-refractivity contribution is 6.03. The summed E-state index contributed by atoms with van der Waals surface area (Å²) in [6, 6.07) is 3.62. The smallest absolute Gasteiger partial charge is 0.167 e. The molecule has 1 unspecified atom stereocenters. The van der Waals surface area contributed by atoms with Gasteiger partial charge in [0, 0.05) is 12.8 Å². The van der Waals surface area contributed by atoms with Crippen molar-refractivity contribution in [3.05, 3.63) is 36.0 Å². The molecule has 2 aromatic rings. The highest BCUT2D eigenvalue weighted by atomic mass is 16.3. The fourth-order valence-electron chi connectivity index (χ4n) is 2.33. The summed E-state index contributed by atoms with van der Waals surface area (Å²) in [4.78, 5) is 12.1. The molecule has 0 saturated carbocycles. The average molecular weight is 231 g/mol. The number of carbonyl (C=O) groups is 1. The minimum atomic E-state index is 0.0989. The lowest BCUT2D eigenvalue weighted by atomic mass is 9.85. The first kappa shape index (κ1) is 10.4. The van der Waals surface area contributed by atoms with E-state index in [9.17, 15) is 4.79 Å². The van der Waals surface area contributed by atoms with Gasteiger partial charge in [0.15, 0.2) is 5.78 Å². The number of fused-ring (bicyclic) bond motifs is 1. The van der Waals surface area contributed by atoms with Gasteiger partial charge in [0.05, 0.1) is 17.4 Å². The molecule has 0 spiro atoms. The Labute approximate surface area is 98.4 Å². The molecule has 0 saturated heterocycles. The number of carbonyl (C=O) groups excluding carboxylic acids is 1. The van der Waals surface area contributed by atoms with Crippen LogP contribution in [0.5, 0.6) is 0 Å². The van der Waals surface area contributed by atoms with Gasteiger partial charge in [-0.05, 0) is 24.6 Å². The van der Waals surface area contributed by atoms with Gasteiger partial charge in [-0.3, -0.25) is 4.79 Å². The number of rotatable bonds is 2. The summed E-state index contributed by atoms with van der Waals surface area (Å²) in [6.45, 7) is 0.516. The third kappa shape index (κ3) is 1.61. The maximum absolute atomic E-state index is 12.1. The number of Topliss-reactive ketones (excluding diaryl/α,β-unsaturated/α-hetero) is 1. The SMILES string of the molecule is NCC1CC(=O)c2c(-c3ccco3)coc2C1. The van der Waals surface area contributed by atoms with E-state index in [1.807, 2.05) is 6.07 Å². The molecule has 0 aromatic carbocycles. The van der Waals surface area contributed by atoms with Gasteiger partial charge in [-0.25, -0.2) is 0 Å². The lowest BCUT2D eigenvalue weighted by molar-refractivity contribution is 0.0946. The molecule has 1 aliphatic rings. The predicted molar refractivity (Wildman–Crippen MR) is 61.6 cm³/mol. The summed E-state index contributed by atoms with van der Waals surface area (Å²) >= 11 is 0. The van der Waals surface area contributed by atoms with Crippen LogP contribution in [0.1, 0.15) is 22.5 Å². The van der Waals surface area contributed by atoms with Gasteiger partial charge < -0.3 is 14.6 Å². The predicted octanol–water partition coefficient (Wildman–Crippen LogP) is 2.24. The molecule has 0 amide bonds. The largest absolute Gasteiger partial charge is 0.468 e. The zero-order chi connectivity index (χ0) is 11.8. The van der Waals surface area contributed by atoms with E-state index >= 15 is 0 Å². The molecule has 0 bridgehead atoms. The molecular weight excluding hydrogens is 218 g/mol. The molecule has 4 nitrogen and oxygen atoms in total. The molecule has 1 atom stereocenters. The summed E-state index contributed by atoms with van der Waals surface area (Å²) in [7, 11) is 0. The van der Waals surface area contributed by atoms with Gasteiger partial charge in [0.2, 0.25) is 0 Å². The van der Waals surface area contributed by atoms with Crippen LogP contribution in [0.25, 0.3) is 11.3 Å². The van der Waals surface area contributed by atoms with Crippen molar-refractivity contribution in [2.75, 3.05) is 6.54 Å². The first-order valence-electron chi connectivity index (χ1n) is 5.67. The molecule has 4 heteroatoms. The Kier molecular flexibility index (Phi) is 2.37. The Morgan fingerprint density at radius 3 is 2.94 bits per heavy atom. The van der Waals surface area contributed by atoms with Crippen molar-refractivity contribution in [1.82, 2.24) is 0 Å². The minimum absolute atomic E-state index is 0.0989. The number of ketones is 1. The molecule has 88 valence electrons. The highest BCUT2D eigenvalue weighted by Gasteiger charge is 2.30. The van der Waals surface area contributed by atoms with Gasteiger partial charge in [0.1, 0.15) is 17.8 Å². The summed E-state index contributed by atoms with van der Waals surface area (Å²) in [5.41, 5.74) is 7.04. The number of nitrogens with two attached hydrogens (primary N) is 1. The lowest BCUT2D eigenvalue weighted by Gasteiger charge is -2.18. The van der Waals surface area contributed by atoms with Gasteiger partial charge in [0.25, 0.3) is 0 Å². The Balaban J connectivity index is 2.06. The average Bonchev–Trinajstić information content (AvgIpc) is 2.96. The first-order valence-corrected chi connectivity index (χ1v) is 5.67. The van der Waals surface area contributed by atoms with Crippen LogP contribution in [0.15, 0.2) is 33.5 Å². The van der Waals surface area contributed by atoms with Crippen LogP contribution in [0.4, 0.5) is 0 Å². The van der Waals surface area contributed by atoms with Crippen LogP contribution < -0.4 is 5.73 Å². The van der Waals surface area contributed by atoms with Crippen molar-refractivity contribution in [3.63, 3.8) is 0 Å². The lowest BCUT2D eigenvalue weighted by Crippen LogP contribution is -2.25. The topological polar surface area (TPSA) is 69.4 Å². The zero-order valence-electron chi connectivity index (χ0n) is 9.31. The van der Waals surface area contributed by atoms with E-state index in [0.717, 1.165) is 17.7 Å². The standard InChI is InChI=1S/C13H13NO3/c14-6-8-4-10(15)13-9(7-17-12(13)5-8)11-2-1-3-16-11/h1-3,7-8H,4-6,14H2. The fourth-order valence-corrected chi connectivity index (χ4v) is 2.33. The molecular formula is C13H13NO3. The van der Waals surface area contributed by atoms with E-state index in [0.29, 0.717) is 24.3 Å². The van der Waals surface area contributed by atoms with E-state index in [4.69, 9.17) is 14.6 Å². The Morgan fingerprint density at radius 2 is 2.24 bits per heavy atom. The second-order valence-electron chi connectivity index (χ2n) is 4.36. The van der Waals surface area contributed by atoms with E-state index in [2.05, 4.69) is 0 Å². The molecule has 2 heterocycles. The zero-order valence-corrected chi connectivity index (χ0v) is 9.31. The van der Waals surface area contributed by atoms with Crippen LogP contribution >= 0.6 is 0 Å². The van der Waals surface area contributed by atoms with Crippen LogP contribution in [0.3, 0.4) is 0 Å². The van der Waals surface area contributed by atoms with Crippen molar-refractivity contribution in [1.29, 1.82) is 0 Å². The van der Waals surface area contributed by atoms with Gasteiger partial charge in [-0.2, -0.15) is 0 Å². The van der Waals surface area contributed by atoms with E-state index < -0.39 is 0 Å². The molecule has 1 aliphatic carbocycles. The van der Waals surface area contributed by atoms with Crippen molar-refractivity contribution in [2.24, 2.45) is 11.7 Å². The number of furan rings is 2. The van der Waals surface area contributed by atoms with E-state index in [1.165, 1.54) is 0 Å². The normalized spacial score (nSPS) is 19.4. The van der Waals surface area contributed by atoms with Crippen LogP contribution in [-0.4, -0.2) is 12.3 Å². The third-order valence-corrected chi connectivity index (χ3v) is 3.21. The van der Waals surface area contributed by atoms with Crippen molar-refractivity contribution < 1.29 is 13.6 Å². The molecule has 2 N–H and O–H groups in total. The summed E-state index contributed by atoms with van der Waals surface area (Å²) in [5, 5.41) is 0. The second-order valence-corrected chi connectivity index (χ2v) is 4.36. The second kappa shape index (κ2) is 3.89. The van der Waals surface area contributed by atoms with Gasteiger partial charge in [-0.1, -0.05) is 0 Å². The first-order chi connectivity index (χ1) is 8.29. The van der Waals surface area contributed by atoms with Crippen molar-refractivity contribution in [3.8, 4) is 11.3 Å². The molecule has 0 aliphatic heterocycles. The van der Waals surface area contributed by atoms with Crippen LogP contribution in [0.2, 0.25) is 0 Å². The summed E-state index contributed by atoms with van der Waals surface area (Å²) in [6.07, 6.45) is 4.42. The summed E-state index contributed by atoms with van der Waals surface area (Å²) in [5.74, 6) is 1.71. The molecule has 17 heavy (non-hydrogen) atoms. The fraction of sp³-hybridized carbons (Fsp3) is 0.308. The Morgan fingerprint density at radius 1 is 1.35 bits per heavy atom. The maximum atomic E-state index is 12.1. The van der Waals surface area contributed by atoms with Gasteiger partial charge >= 0.3 is 0 Å². The third-order valence-electron chi connectivity index (χ3n) is 3.21. The quantitative estimate of drug-likeness (QED) is 0.860. The molecule has 3 rings (SSSR count). The molecule has 2 aromatic heterocycles. The van der Waals surface area contributed by atoms with Crippen molar-refractivity contribution >= 4 is 5.78 Å². The number of hydrogen-bond acceptors (Lipinski definition) is 4. The van der Waals surface area contributed by atoms with E-state index in [-0.39, 0.29) is 11.7 Å². The van der Waals surface area contributed by atoms with E-state index in [1.54, 1.807) is 18.6 Å². The number of hydrogen-bond donors (Lipinski definition) is 1. The molecule has 0 fully saturated rings. The Bertz CT molecular complexity index is 539.